The van der Waals surface area contributed by atoms with Gasteiger partial charge in [-0.3, -0.25) is 9.11 Å². The molecule has 0 saturated carbocycles. The van der Waals surface area contributed by atoms with Crippen LogP contribution in [-0.2, 0) is 20.2 Å². The number of rotatable bonds is 2. The second kappa shape index (κ2) is 7.26. The van der Waals surface area contributed by atoms with E-state index in [-0.39, 0.29) is 78.4 Å². The number of hydrogen-bond donors (Lipinski definition) is 3. The summed E-state index contributed by atoms with van der Waals surface area (Å²) in [5, 5.41) is -0.135. The van der Waals surface area contributed by atoms with Gasteiger partial charge in [0, 0.05) is 16.5 Å². The first kappa shape index (κ1) is 21.3. The van der Waals surface area contributed by atoms with E-state index >= 15 is 0 Å². The first-order valence-electron chi connectivity index (χ1n) is 4.88. The summed E-state index contributed by atoms with van der Waals surface area (Å²) in [6.07, 6.45) is 0. The Labute approximate surface area is 169 Å². The molecule has 0 heterocycles. The number of fused-ring (bicyclic) bond motifs is 1. The number of benzene rings is 2. The number of nitrogen functional groups attached to an aromatic ring is 1. The summed E-state index contributed by atoms with van der Waals surface area (Å²) in [5.41, 5.74) is 5.42. The van der Waals surface area contributed by atoms with Gasteiger partial charge in [0.15, 0.2) is 0 Å². The fraction of sp³-hybridized carbons (Fsp3) is 0. The molecular weight excluding hydrogens is 340 g/mol. The molecular formula is C10H11NNa2O6S2. The topological polar surface area (TPSA) is 135 Å². The Hall–Kier alpha value is 0.320. The zero-order chi connectivity index (χ0) is 14.4. The van der Waals surface area contributed by atoms with Gasteiger partial charge in [-0.1, -0.05) is 12.1 Å². The predicted octanol–water partition coefficient (Wildman–Crippen LogP) is -4.85. The Kier molecular flexibility index (Phi) is 7.37. The van der Waals surface area contributed by atoms with Crippen molar-refractivity contribution in [3.8, 4) is 0 Å². The van der Waals surface area contributed by atoms with Crippen molar-refractivity contribution in [1.82, 2.24) is 0 Å². The van der Waals surface area contributed by atoms with E-state index in [9.17, 15) is 16.8 Å². The van der Waals surface area contributed by atoms with Crippen molar-refractivity contribution in [3.63, 3.8) is 0 Å². The van der Waals surface area contributed by atoms with E-state index in [2.05, 4.69) is 0 Å². The van der Waals surface area contributed by atoms with Gasteiger partial charge in [-0.15, -0.1) is 0 Å². The fourth-order valence-electron chi connectivity index (χ4n) is 1.78. The molecule has 11 heteroatoms. The third-order valence-electron chi connectivity index (χ3n) is 2.50. The summed E-state index contributed by atoms with van der Waals surface area (Å²) in [7, 11) is -9.11. The molecule has 0 fully saturated rings. The van der Waals surface area contributed by atoms with Gasteiger partial charge in [0.05, 0.1) is 0 Å². The quantitative estimate of drug-likeness (QED) is 0.281. The summed E-state index contributed by atoms with van der Waals surface area (Å²) in [6.45, 7) is 0. The molecule has 0 aliphatic carbocycles. The summed E-state index contributed by atoms with van der Waals surface area (Å²) in [5.74, 6) is 0. The van der Waals surface area contributed by atoms with Crippen molar-refractivity contribution in [3.05, 3.63) is 30.3 Å². The van der Waals surface area contributed by atoms with Crippen LogP contribution in [0.2, 0.25) is 0 Å². The third kappa shape index (κ3) is 4.64. The molecule has 2 aromatic carbocycles. The Morgan fingerprint density at radius 1 is 0.857 bits per heavy atom. The molecule has 0 saturated heterocycles. The smallest absolute Gasteiger partial charge is 1.00 e. The maximum absolute atomic E-state index is 11.2. The van der Waals surface area contributed by atoms with E-state index in [1.54, 1.807) is 0 Å². The van der Waals surface area contributed by atoms with Crippen LogP contribution in [0.4, 0.5) is 5.69 Å². The Morgan fingerprint density at radius 3 is 1.86 bits per heavy atom. The Bertz CT molecular complexity index is 890. The van der Waals surface area contributed by atoms with Crippen LogP contribution in [0.1, 0.15) is 2.85 Å². The predicted molar refractivity (Wildman–Crippen MR) is 70.2 cm³/mol. The van der Waals surface area contributed by atoms with Gasteiger partial charge in [0.2, 0.25) is 0 Å². The Balaban J connectivity index is -0.000001000. The van der Waals surface area contributed by atoms with E-state index < -0.39 is 30.0 Å². The number of nitrogens with two attached hydrogens (primary N) is 1. The summed E-state index contributed by atoms with van der Waals surface area (Å²) < 4.78 is 63.1. The summed E-state index contributed by atoms with van der Waals surface area (Å²) >= 11 is 0. The van der Waals surface area contributed by atoms with Gasteiger partial charge >= 0.3 is 59.1 Å². The van der Waals surface area contributed by atoms with Crippen LogP contribution in [0.25, 0.3) is 10.8 Å². The molecule has 0 unspecified atom stereocenters. The monoisotopic (exact) mass is 351 g/mol. The minimum absolute atomic E-state index is 0. The minimum atomic E-state index is -4.57. The van der Waals surface area contributed by atoms with Gasteiger partial charge in [-0.25, -0.2) is 0 Å². The van der Waals surface area contributed by atoms with E-state index in [4.69, 9.17) is 14.8 Å². The molecule has 0 radical (unpaired) electrons. The average molecular weight is 351 g/mol. The maximum atomic E-state index is 11.2. The molecule has 2 aromatic rings. The zero-order valence-corrected chi connectivity index (χ0v) is 16.9. The Morgan fingerprint density at radius 2 is 1.38 bits per heavy atom. The van der Waals surface area contributed by atoms with Gasteiger partial charge in [-0.2, -0.15) is 16.8 Å². The zero-order valence-electron chi connectivity index (χ0n) is 13.3. The van der Waals surface area contributed by atoms with Crippen molar-refractivity contribution in [2.45, 2.75) is 9.79 Å². The van der Waals surface area contributed by atoms with Gasteiger partial charge < -0.3 is 8.59 Å². The van der Waals surface area contributed by atoms with Crippen LogP contribution < -0.4 is 64.8 Å². The molecule has 7 nitrogen and oxygen atoms in total. The molecule has 0 spiro atoms. The van der Waals surface area contributed by atoms with Crippen LogP contribution in [-0.4, -0.2) is 25.9 Å². The maximum Gasteiger partial charge on any atom is 1.00 e. The van der Waals surface area contributed by atoms with E-state index in [0.717, 1.165) is 12.1 Å². The summed E-state index contributed by atoms with van der Waals surface area (Å²) in [6, 6.07) is 5.85. The van der Waals surface area contributed by atoms with Crippen molar-refractivity contribution < 1.29 is 87.9 Å². The van der Waals surface area contributed by atoms with Crippen LogP contribution >= 0.6 is 0 Å². The largest absolute Gasteiger partial charge is 1.00 e. The van der Waals surface area contributed by atoms with Gasteiger partial charge in [0.1, 0.15) is 9.79 Å². The molecule has 21 heavy (non-hydrogen) atoms. The minimum Gasteiger partial charge on any atom is -1.00 e. The second-order valence-electron chi connectivity index (χ2n) is 3.82. The van der Waals surface area contributed by atoms with Crippen LogP contribution in [0.15, 0.2) is 40.1 Å². The number of anilines is 1. The van der Waals surface area contributed by atoms with Crippen LogP contribution in [0.3, 0.4) is 0 Å². The molecule has 0 atom stereocenters. The van der Waals surface area contributed by atoms with Crippen molar-refractivity contribution in [1.29, 1.82) is 0 Å². The molecule has 106 valence electrons. The van der Waals surface area contributed by atoms with Crippen LogP contribution in [0, 0.1) is 0 Å². The van der Waals surface area contributed by atoms with Gasteiger partial charge in [0.25, 0.3) is 20.2 Å². The molecule has 2 rings (SSSR count). The SMILES string of the molecule is Nc1cc(S(=O)(=O)O)c2cccc(S(=O)(=O)O)c2c1.[H-].[H-].[Na+].[Na+]. The van der Waals surface area contributed by atoms with E-state index in [1.807, 2.05) is 0 Å². The first-order valence-corrected chi connectivity index (χ1v) is 7.76. The molecule has 0 aliphatic rings. The normalized spacial score (nSPS) is 11.5. The van der Waals surface area contributed by atoms with E-state index in [1.165, 1.54) is 18.2 Å². The third-order valence-corrected chi connectivity index (χ3v) is 4.30. The fourth-order valence-corrected chi connectivity index (χ4v) is 3.22. The molecule has 0 aromatic heterocycles. The number of hydrogen-bond acceptors (Lipinski definition) is 5. The van der Waals surface area contributed by atoms with Crippen molar-refractivity contribution >= 4 is 36.7 Å². The standard InChI is InChI=1S/C10H9NO6S2.2Na.2H/c11-6-4-8-7(10(5-6)19(15,16)17)2-1-3-9(8)18(12,13)14;;;;/h1-5H,11H2,(H,12,13,14)(H,15,16,17);;;;/q;2*+1;2*-1. The van der Waals surface area contributed by atoms with Gasteiger partial charge in [-0.05, 0) is 18.2 Å². The first-order chi connectivity index (χ1) is 8.60. The van der Waals surface area contributed by atoms with E-state index in [0.29, 0.717) is 0 Å². The van der Waals surface area contributed by atoms with Crippen molar-refractivity contribution in [2.75, 3.05) is 5.73 Å². The molecule has 0 aliphatic heterocycles. The molecule has 0 bridgehead atoms. The van der Waals surface area contributed by atoms with Crippen LogP contribution in [0.5, 0.6) is 0 Å². The van der Waals surface area contributed by atoms with Crippen molar-refractivity contribution in [2.24, 2.45) is 0 Å². The second-order valence-corrected chi connectivity index (χ2v) is 6.60. The molecule has 0 amide bonds. The molecule has 4 N–H and O–H groups in total. The average Bonchev–Trinajstić information content (AvgIpc) is 2.24. The summed E-state index contributed by atoms with van der Waals surface area (Å²) in [4.78, 5) is -1.00.